The Hall–Kier alpha value is -4.26. The fourth-order valence-corrected chi connectivity index (χ4v) is 4.72. The molecule has 6 nitrogen and oxygen atoms in total. The van der Waals surface area contributed by atoms with Crippen LogP contribution in [0.25, 0.3) is 0 Å². The number of carboxylic acids is 2. The van der Waals surface area contributed by atoms with Gasteiger partial charge in [-0.1, -0.05) is 97.1 Å². The predicted octanol–water partition coefficient (Wildman–Crippen LogP) is 4.64. The fourth-order valence-electron chi connectivity index (χ4n) is 4.72. The van der Waals surface area contributed by atoms with Crippen molar-refractivity contribution in [2.45, 2.75) is 24.0 Å². The summed E-state index contributed by atoms with van der Waals surface area (Å²) in [6.45, 7) is 0. The van der Waals surface area contributed by atoms with Crippen LogP contribution in [0.5, 0.6) is 0 Å². The van der Waals surface area contributed by atoms with E-state index in [0.717, 1.165) is 0 Å². The zero-order valence-corrected chi connectivity index (χ0v) is 19.4. The van der Waals surface area contributed by atoms with Crippen molar-refractivity contribution in [3.05, 3.63) is 143 Å². The molecule has 36 heavy (non-hydrogen) atoms. The molecular formula is C30H26O6. The average Bonchev–Trinajstić information content (AvgIpc) is 2.90. The number of rotatable bonds is 9. The van der Waals surface area contributed by atoms with Crippen LogP contribution >= 0.6 is 0 Å². The molecule has 4 rings (SSSR count). The number of benzene rings is 4. The molecule has 0 saturated carbocycles. The van der Waals surface area contributed by atoms with Crippen molar-refractivity contribution >= 4 is 11.9 Å². The van der Waals surface area contributed by atoms with Crippen LogP contribution in [0.15, 0.2) is 109 Å². The quantitative estimate of drug-likeness (QED) is 0.276. The summed E-state index contributed by atoms with van der Waals surface area (Å²) in [6.07, 6.45) is -0.472. The maximum absolute atomic E-state index is 12.5. The van der Waals surface area contributed by atoms with E-state index in [-0.39, 0.29) is 24.0 Å². The second-order valence-electron chi connectivity index (χ2n) is 8.73. The molecule has 0 aliphatic rings. The number of carboxylic acid groups (broad SMARTS) is 2. The highest BCUT2D eigenvalue weighted by Crippen LogP contribution is 2.46. The van der Waals surface area contributed by atoms with Gasteiger partial charge in [-0.25, -0.2) is 9.59 Å². The van der Waals surface area contributed by atoms with Crippen LogP contribution in [0.3, 0.4) is 0 Å². The maximum Gasteiger partial charge on any atom is 0.335 e. The second kappa shape index (κ2) is 10.2. The SMILES string of the molecule is O=C(O)c1ccccc1C[C@@](O)(c1ccccc1)[C@](O)(Cc1ccccc1C(=O)O)c1ccccc1. The summed E-state index contributed by atoms with van der Waals surface area (Å²) >= 11 is 0. The van der Waals surface area contributed by atoms with Crippen LogP contribution in [-0.4, -0.2) is 32.4 Å². The van der Waals surface area contributed by atoms with E-state index in [2.05, 4.69) is 0 Å². The first-order valence-electron chi connectivity index (χ1n) is 11.4. The second-order valence-corrected chi connectivity index (χ2v) is 8.73. The van der Waals surface area contributed by atoms with Gasteiger partial charge < -0.3 is 20.4 Å². The van der Waals surface area contributed by atoms with Gasteiger partial charge in [-0.2, -0.15) is 0 Å². The Morgan fingerprint density at radius 3 is 1.14 bits per heavy atom. The fraction of sp³-hybridized carbons (Fsp3) is 0.133. The standard InChI is InChI=1S/C30H26O6/c31-27(32)25-17-9-7-11-21(25)19-29(35,23-13-3-1-4-14-23)30(36,24-15-5-2-6-16-24)20-22-12-8-10-18-26(22)28(33)34/h1-18,35-36H,19-20H2,(H,31,32)(H,33,34)/t29-,30+. The smallest absolute Gasteiger partial charge is 0.335 e. The lowest BCUT2D eigenvalue weighted by molar-refractivity contribution is -0.165. The third kappa shape index (κ3) is 4.64. The highest BCUT2D eigenvalue weighted by molar-refractivity contribution is 5.90. The normalized spacial score (nSPS) is 14.4. The van der Waals surface area contributed by atoms with Crippen molar-refractivity contribution in [1.82, 2.24) is 0 Å². The first kappa shape index (κ1) is 24.9. The van der Waals surface area contributed by atoms with E-state index in [4.69, 9.17) is 0 Å². The molecule has 0 fully saturated rings. The lowest BCUT2D eigenvalue weighted by atomic mass is 9.67. The Labute approximate surface area is 208 Å². The van der Waals surface area contributed by atoms with Gasteiger partial charge in [-0.15, -0.1) is 0 Å². The minimum atomic E-state index is -2.03. The molecule has 182 valence electrons. The zero-order chi connectivity index (χ0) is 25.8. The van der Waals surface area contributed by atoms with Gasteiger partial charge in [0.05, 0.1) is 11.1 Å². The number of aliphatic hydroxyl groups is 2. The third-order valence-corrected chi connectivity index (χ3v) is 6.58. The van der Waals surface area contributed by atoms with Crippen molar-refractivity contribution in [3.8, 4) is 0 Å². The lowest BCUT2D eigenvalue weighted by Crippen LogP contribution is -2.52. The molecule has 4 aromatic rings. The summed E-state index contributed by atoms with van der Waals surface area (Å²) < 4.78 is 0. The van der Waals surface area contributed by atoms with E-state index in [0.29, 0.717) is 22.3 Å². The van der Waals surface area contributed by atoms with E-state index in [1.807, 2.05) is 0 Å². The molecule has 0 aliphatic carbocycles. The molecule has 0 heterocycles. The van der Waals surface area contributed by atoms with Crippen LogP contribution in [0.4, 0.5) is 0 Å². The topological polar surface area (TPSA) is 115 Å². The van der Waals surface area contributed by atoms with Crippen molar-refractivity contribution in [1.29, 1.82) is 0 Å². The molecule has 6 heteroatoms. The minimum Gasteiger partial charge on any atom is -0.478 e. The Balaban J connectivity index is 1.98. The zero-order valence-electron chi connectivity index (χ0n) is 19.4. The molecule has 0 bridgehead atoms. The molecule has 0 spiro atoms. The van der Waals surface area contributed by atoms with E-state index >= 15 is 0 Å². The Bertz CT molecular complexity index is 1260. The Kier molecular flexibility index (Phi) is 7.01. The molecule has 0 saturated heterocycles. The van der Waals surface area contributed by atoms with Crippen molar-refractivity contribution in [2.75, 3.05) is 0 Å². The van der Waals surface area contributed by atoms with Gasteiger partial charge >= 0.3 is 11.9 Å². The third-order valence-electron chi connectivity index (χ3n) is 6.58. The summed E-state index contributed by atoms with van der Waals surface area (Å²) in [7, 11) is 0. The largest absolute Gasteiger partial charge is 0.478 e. The van der Waals surface area contributed by atoms with Gasteiger partial charge in [-0.05, 0) is 34.4 Å². The maximum atomic E-state index is 12.5. The minimum absolute atomic E-state index is 0.00760. The monoisotopic (exact) mass is 482 g/mol. The molecule has 0 unspecified atom stereocenters. The van der Waals surface area contributed by atoms with Gasteiger partial charge in [0.2, 0.25) is 0 Å². The van der Waals surface area contributed by atoms with E-state index < -0.39 is 23.1 Å². The van der Waals surface area contributed by atoms with Crippen LogP contribution in [0.1, 0.15) is 43.0 Å². The van der Waals surface area contributed by atoms with E-state index in [1.165, 1.54) is 12.1 Å². The molecule has 0 aliphatic heterocycles. The highest BCUT2D eigenvalue weighted by atomic mass is 16.4. The van der Waals surface area contributed by atoms with Gasteiger partial charge in [0, 0.05) is 12.8 Å². The van der Waals surface area contributed by atoms with Gasteiger partial charge in [-0.3, -0.25) is 0 Å². The van der Waals surface area contributed by atoms with Crippen molar-refractivity contribution < 1.29 is 30.0 Å². The molecule has 4 N–H and O–H groups in total. The van der Waals surface area contributed by atoms with Gasteiger partial charge in [0.15, 0.2) is 0 Å². The number of aromatic carboxylic acids is 2. The summed E-state index contributed by atoms with van der Waals surface area (Å²) in [5.41, 5.74) is -2.66. The van der Waals surface area contributed by atoms with Crippen molar-refractivity contribution in [3.63, 3.8) is 0 Å². The first-order chi connectivity index (χ1) is 17.3. The number of hydrogen-bond acceptors (Lipinski definition) is 4. The molecule has 2 atom stereocenters. The van der Waals surface area contributed by atoms with E-state index in [1.54, 1.807) is 97.1 Å². The highest BCUT2D eigenvalue weighted by Gasteiger charge is 2.52. The summed E-state index contributed by atoms with van der Waals surface area (Å²) in [4.78, 5) is 23.9. The van der Waals surface area contributed by atoms with Gasteiger partial charge in [0.1, 0.15) is 11.2 Å². The number of carbonyl (C=O) groups is 2. The number of hydrogen-bond donors (Lipinski definition) is 4. The molecule has 4 aromatic carbocycles. The van der Waals surface area contributed by atoms with Crippen LogP contribution in [-0.2, 0) is 24.0 Å². The van der Waals surface area contributed by atoms with Crippen molar-refractivity contribution in [2.24, 2.45) is 0 Å². The molecular weight excluding hydrogens is 456 g/mol. The van der Waals surface area contributed by atoms with Crippen LogP contribution < -0.4 is 0 Å². The van der Waals surface area contributed by atoms with Crippen LogP contribution in [0, 0.1) is 0 Å². The van der Waals surface area contributed by atoms with E-state index in [9.17, 15) is 30.0 Å². The van der Waals surface area contributed by atoms with Crippen LogP contribution in [0.2, 0.25) is 0 Å². The first-order valence-corrected chi connectivity index (χ1v) is 11.4. The molecule has 0 aromatic heterocycles. The predicted molar refractivity (Wildman–Crippen MR) is 135 cm³/mol. The summed E-state index contributed by atoms with van der Waals surface area (Å²) in [6, 6.07) is 29.8. The molecule has 0 amide bonds. The molecule has 0 radical (unpaired) electrons. The Morgan fingerprint density at radius 1 is 0.500 bits per heavy atom. The summed E-state index contributed by atoms with van der Waals surface area (Å²) in [5.74, 6) is -2.30. The Morgan fingerprint density at radius 2 is 0.806 bits per heavy atom. The average molecular weight is 483 g/mol. The lowest BCUT2D eigenvalue weighted by Gasteiger charge is -2.45. The summed E-state index contributed by atoms with van der Waals surface area (Å²) in [5, 5.41) is 44.6. The van der Waals surface area contributed by atoms with Gasteiger partial charge in [0.25, 0.3) is 0 Å².